The van der Waals surface area contributed by atoms with Crippen LogP contribution in [0.2, 0.25) is 0 Å². The van der Waals surface area contributed by atoms with Gasteiger partial charge in [-0.25, -0.2) is 15.0 Å². The van der Waals surface area contributed by atoms with E-state index in [4.69, 9.17) is 15.0 Å². The van der Waals surface area contributed by atoms with E-state index in [1.807, 2.05) is 35.7 Å². The summed E-state index contributed by atoms with van der Waals surface area (Å²) in [7, 11) is 0. The second kappa shape index (κ2) is 7.32. The smallest absolute Gasteiger partial charge is 0.213 e. The van der Waals surface area contributed by atoms with Gasteiger partial charge in [0, 0.05) is 42.5 Å². The van der Waals surface area contributed by atoms with Gasteiger partial charge in [-0.3, -0.25) is 0 Å². The first kappa shape index (κ1) is 16.2. The third kappa shape index (κ3) is 3.70. The van der Waals surface area contributed by atoms with Crippen LogP contribution < -0.4 is 10.5 Å². The topological polar surface area (TPSA) is 100.0 Å². The van der Waals surface area contributed by atoms with Gasteiger partial charge in [-0.15, -0.1) is 11.3 Å². The monoisotopic (exact) mass is 365 g/mol. The number of nitrogen functional groups attached to an aromatic ring is 1. The fourth-order valence-corrected chi connectivity index (χ4v) is 2.95. The predicted molar refractivity (Wildman–Crippen MR) is 97.6 cm³/mol. The number of pyridine rings is 2. The van der Waals surface area contributed by atoms with Gasteiger partial charge in [-0.05, 0) is 17.7 Å². The van der Waals surface area contributed by atoms with Gasteiger partial charge < -0.3 is 15.0 Å². The van der Waals surface area contributed by atoms with Crippen molar-refractivity contribution in [2.75, 3.05) is 5.73 Å². The summed E-state index contributed by atoms with van der Waals surface area (Å²) >= 11 is 1.55. The Labute approximate surface area is 153 Å². The van der Waals surface area contributed by atoms with Crippen molar-refractivity contribution in [2.45, 2.75) is 13.0 Å². The second-order valence-electron chi connectivity index (χ2n) is 5.51. The SMILES string of the molecule is Nc1ncccc1-c1cc(Cc2ccc(OCc3nccs3)nc2)no1. The summed E-state index contributed by atoms with van der Waals surface area (Å²) in [6.45, 7) is 0.420. The molecule has 0 saturated heterocycles. The van der Waals surface area contributed by atoms with Gasteiger partial charge in [0.25, 0.3) is 0 Å². The maximum Gasteiger partial charge on any atom is 0.213 e. The van der Waals surface area contributed by atoms with Gasteiger partial charge >= 0.3 is 0 Å². The molecule has 0 saturated carbocycles. The summed E-state index contributed by atoms with van der Waals surface area (Å²) in [6.07, 6.45) is 5.76. The van der Waals surface area contributed by atoms with Crippen LogP contribution in [-0.2, 0) is 13.0 Å². The maximum atomic E-state index is 5.87. The van der Waals surface area contributed by atoms with Crippen molar-refractivity contribution < 1.29 is 9.26 Å². The van der Waals surface area contributed by atoms with Gasteiger partial charge in [0.05, 0.1) is 11.3 Å². The van der Waals surface area contributed by atoms with E-state index in [-0.39, 0.29) is 0 Å². The highest BCUT2D eigenvalue weighted by Crippen LogP contribution is 2.25. The van der Waals surface area contributed by atoms with E-state index in [9.17, 15) is 0 Å². The number of hydrogen-bond acceptors (Lipinski definition) is 8. The van der Waals surface area contributed by atoms with Crippen molar-refractivity contribution in [1.29, 1.82) is 0 Å². The minimum Gasteiger partial charge on any atom is -0.470 e. The Morgan fingerprint density at radius 3 is 2.85 bits per heavy atom. The Hall–Kier alpha value is -3.26. The number of rotatable bonds is 6. The molecule has 26 heavy (non-hydrogen) atoms. The Bertz CT molecular complexity index is 983. The maximum absolute atomic E-state index is 5.87. The number of aromatic nitrogens is 4. The highest BCUT2D eigenvalue weighted by atomic mass is 32.1. The van der Waals surface area contributed by atoms with Gasteiger partial charge in [0.15, 0.2) is 5.76 Å². The zero-order valence-corrected chi connectivity index (χ0v) is 14.5. The quantitative estimate of drug-likeness (QED) is 0.559. The summed E-state index contributed by atoms with van der Waals surface area (Å²) in [5.41, 5.74) is 8.40. The molecule has 2 N–H and O–H groups in total. The lowest BCUT2D eigenvalue weighted by Gasteiger charge is -2.03. The molecule has 0 fully saturated rings. The van der Waals surface area contributed by atoms with Crippen molar-refractivity contribution in [3.63, 3.8) is 0 Å². The largest absolute Gasteiger partial charge is 0.470 e. The molecule has 0 aliphatic heterocycles. The Balaban J connectivity index is 1.41. The van der Waals surface area contributed by atoms with Gasteiger partial charge in [-0.2, -0.15) is 0 Å². The summed E-state index contributed by atoms with van der Waals surface area (Å²) < 4.78 is 11.0. The fraction of sp³-hybridized carbons (Fsp3) is 0.111. The molecule has 4 aromatic heterocycles. The second-order valence-corrected chi connectivity index (χ2v) is 6.49. The molecule has 4 rings (SSSR count). The molecule has 130 valence electrons. The Morgan fingerprint density at radius 1 is 1.12 bits per heavy atom. The van der Waals surface area contributed by atoms with E-state index in [1.165, 1.54) is 0 Å². The van der Waals surface area contributed by atoms with Crippen molar-refractivity contribution in [3.8, 4) is 17.2 Å². The highest BCUT2D eigenvalue weighted by Gasteiger charge is 2.11. The van der Waals surface area contributed by atoms with Crippen LogP contribution in [0.25, 0.3) is 11.3 Å². The number of nitrogens with two attached hydrogens (primary N) is 1. The number of ether oxygens (including phenoxy) is 1. The molecule has 4 heterocycles. The molecule has 0 radical (unpaired) electrons. The Morgan fingerprint density at radius 2 is 2.08 bits per heavy atom. The molecule has 0 aliphatic carbocycles. The summed E-state index contributed by atoms with van der Waals surface area (Å²) in [5.74, 6) is 1.58. The summed E-state index contributed by atoms with van der Waals surface area (Å²) in [6, 6.07) is 9.31. The van der Waals surface area contributed by atoms with Crippen LogP contribution >= 0.6 is 11.3 Å². The van der Waals surface area contributed by atoms with Gasteiger partial charge in [-0.1, -0.05) is 11.2 Å². The molecule has 0 aliphatic rings. The number of hydrogen-bond donors (Lipinski definition) is 1. The molecular weight excluding hydrogens is 350 g/mol. The van der Waals surface area contributed by atoms with Crippen LogP contribution in [-0.4, -0.2) is 20.1 Å². The molecular formula is C18H15N5O2S. The number of nitrogens with zero attached hydrogens (tertiary/aromatic N) is 4. The molecule has 8 heteroatoms. The normalized spacial score (nSPS) is 10.8. The predicted octanol–water partition coefficient (Wildman–Crippen LogP) is 3.34. The van der Waals surface area contributed by atoms with Crippen LogP contribution in [0, 0.1) is 0 Å². The fourth-order valence-electron chi connectivity index (χ4n) is 2.42. The van der Waals surface area contributed by atoms with E-state index in [1.54, 1.807) is 29.9 Å². The van der Waals surface area contributed by atoms with E-state index >= 15 is 0 Å². The first-order valence-electron chi connectivity index (χ1n) is 7.90. The minimum absolute atomic E-state index is 0.415. The average molecular weight is 365 g/mol. The molecule has 7 nitrogen and oxygen atoms in total. The lowest BCUT2D eigenvalue weighted by atomic mass is 10.1. The first-order valence-corrected chi connectivity index (χ1v) is 8.78. The zero-order chi connectivity index (χ0) is 17.8. The third-order valence-corrected chi connectivity index (χ3v) is 4.43. The van der Waals surface area contributed by atoms with Crippen LogP contribution in [0.4, 0.5) is 5.82 Å². The standard InChI is InChI=1S/C18H15N5O2S/c19-18-14(2-1-5-21-18)15-9-13(23-25-15)8-12-3-4-16(22-10-12)24-11-17-20-6-7-26-17/h1-7,9-10H,8,11H2,(H2,19,21). The van der Waals surface area contributed by atoms with Gasteiger partial charge in [0.1, 0.15) is 17.4 Å². The number of thiazole rings is 1. The van der Waals surface area contributed by atoms with E-state index < -0.39 is 0 Å². The van der Waals surface area contributed by atoms with E-state index in [0.717, 1.165) is 21.8 Å². The zero-order valence-electron chi connectivity index (χ0n) is 13.7. The highest BCUT2D eigenvalue weighted by molar-refractivity contribution is 7.09. The molecule has 0 bridgehead atoms. The summed E-state index contributed by atoms with van der Waals surface area (Å²) in [5, 5.41) is 6.93. The van der Waals surface area contributed by atoms with Gasteiger partial charge in [0.2, 0.25) is 5.88 Å². The van der Waals surface area contributed by atoms with Crippen LogP contribution in [0.1, 0.15) is 16.3 Å². The van der Waals surface area contributed by atoms with Crippen molar-refractivity contribution >= 4 is 17.2 Å². The van der Waals surface area contributed by atoms with Crippen LogP contribution in [0.5, 0.6) is 5.88 Å². The molecule has 0 atom stereocenters. The van der Waals surface area contributed by atoms with Crippen molar-refractivity contribution in [2.24, 2.45) is 0 Å². The van der Waals surface area contributed by atoms with Crippen molar-refractivity contribution in [1.82, 2.24) is 20.1 Å². The van der Waals surface area contributed by atoms with E-state index in [0.29, 0.717) is 30.5 Å². The first-order chi connectivity index (χ1) is 12.8. The summed E-state index contributed by atoms with van der Waals surface area (Å²) in [4.78, 5) is 12.5. The molecule has 0 amide bonds. The molecule has 0 unspecified atom stereocenters. The average Bonchev–Trinajstić information content (AvgIpc) is 3.34. The molecule has 0 aromatic carbocycles. The lowest BCUT2D eigenvalue weighted by Crippen LogP contribution is -1.97. The van der Waals surface area contributed by atoms with Crippen LogP contribution in [0.3, 0.4) is 0 Å². The lowest BCUT2D eigenvalue weighted by molar-refractivity contribution is 0.293. The van der Waals surface area contributed by atoms with Crippen molar-refractivity contribution in [3.05, 3.63) is 70.6 Å². The Kier molecular flexibility index (Phi) is 4.57. The molecule has 4 aromatic rings. The third-order valence-electron chi connectivity index (χ3n) is 3.67. The van der Waals surface area contributed by atoms with Crippen LogP contribution in [0.15, 0.2) is 58.8 Å². The van der Waals surface area contributed by atoms with E-state index in [2.05, 4.69) is 20.1 Å². The number of anilines is 1. The molecule has 0 spiro atoms. The minimum atomic E-state index is 0.415.